The molecule has 1 saturated heterocycles. The second kappa shape index (κ2) is 13.0. The quantitative estimate of drug-likeness (QED) is 0.243. The Morgan fingerprint density at radius 2 is 1.77 bits per heavy atom. The fourth-order valence-corrected chi connectivity index (χ4v) is 6.27. The molecule has 1 N–H and O–H groups in total. The maximum atomic E-state index is 13.5. The number of aromatic nitrogens is 4. The predicted octanol–water partition coefficient (Wildman–Crippen LogP) is 4.36. The number of aryl methyl sites for hydroxylation is 3. The number of hydrogen-bond donors (Lipinski definition) is 1. The van der Waals surface area contributed by atoms with Gasteiger partial charge in [-0.2, -0.15) is 0 Å². The summed E-state index contributed by atoms with van der Waals surface area (Å²) in [4.78, 5) is 31.3. The minimum atomic E-state index is -0.101. The summed E-state index contributed by atoms with van der Waals surface area (Å²) in [5.74, 6) is 1.16. The average molecular weight is 592 g/mol. The Bertz CT molecular complexity index is 1830. The van der Waals surface area contributed by atoms with E-state index < -0.39 is 0 Å². The summed E-state index contributed by atoms with van der Waals surface area (Å²) in [5, 5.41) is 12.5. The zero-order valence-electron chi connectivity index (χ0n) is 25.9. The highest BCUT2D eigenvalue weighted by Gasteiger charge is 2.23. The molecule has 1 atom stereocenters. The molecule has 0 bridgehead atoms. The van der Waals surface area contributed by atoms with E-state index in [0.29, 0.717) is 49.0 Å². The second-order valence-electron chi connectivity index (χ2n) is 12.0. The minimum Gasteiger partial charge on any atom is -0.366 e. The molecule has 3 heterocycles. The lowest BCUT2D eigenvalue weighted by Crippen LogP contribution is -2.52. The van der Waals surface area contributed by atoms with Crippen molar-refractivity contribution in [1.82, 2.24) is 29.4 Å². The maximum Gasteiger partial charge on any atom is 0.263 e. The maximum absolute atomic E-state index is 13.5. The number of nitrogens with one attached hydrogen (secondary N) is 1. The van der Waals surface area contributed by atoms with Gasteiger partial charge in [0.15, 0.2) is 0 Å². The molecule has 3 aromatic carbocycles. The molecular weight excluding hydrogens is 550 g/mol. The number of anilines is 1. The number of para-hydroxylation sites is 1. The molecule has 1 aliphatic heterocycles. The van der Waals surface area contributed by atoms with Crippen molar-refractivity contribution in [2.24, 2.45) is 0 Å². The van der Waals surface area contributed by atoms with E-state index in [1.807, 2.05) is 59.9 Å². The van der Waals surface area contributed by atoms with Crippen LogP contribution in [-0.2, 0) is 17.8 Å². The Balaban J connectivity index is 1.05. The summed E-state index contributed by atoms with van der Waals surface area (Å²) in [6, 6.07) is 24.8. The smallest absolute Gasteiger partial charge is 0.263 e. The van der Waals surface area contributed by atoms with Crippen LogP contribution in [0.15, 0.2) is 77.6 Å². The van der Waals surface area contributed by atoms with E-state index >= 15 is 0 Å². The molecule has 44 heavy (non-hydrogen) atoms. The van der Waals surface area contributed by atoms with Crippen LogP contribution in [0.1, 0.15) is 42.3 Å². The van der Waals surface area contributed by atoms with Gasteiger partial charge >= 0.3 is 0 Å². The van der Waals surface area contributed by atoms with E-state index in [-0.39, 0.29) is 11.5 Å². The van der Waals surface area contributed by atoms with E-state index in [1.165, 1.54) is 16.8 Å². The number of carbonyl (C=O) groups is 1. The van der Waals surface area contributed by atoms with Crippen LogP contribution in [0.2, 0.25) is 0 Å². The van der Waals surface area contributed by atoms with Crippen LogP contribution in [0.25, 0.3) is 16.7 Å². The number of hydrogen-bond acceptors (Lipinski definition) is 6. The largest absolute Gasteiger partial charge is 0.366 e. The molecule has 0 radical (unpaired) electrons. The van der Waals surface area contributed by atoms with Crippen LogP contribution in [0.4, 0.5) is 5.69 Å². The van der Waals surface area contributed by atoms with Crippen LogP contribution < -0.4 is 15.8 Å². The lowest BCUT2D eigenvalue weighted by atomic mass is 10.1. The molecule has 228 valence electrons. The molecule has 0 spiro atoms. The fraction of sp³-hybridized carbons (Fsp3) is 0.371. The predicted molar refractivity (Wildman–Crippen MR) is 175 cm³/mol. The normalized spacial score (nSPS) is 15.7. The summed E-state index contributed by atoms with van der Waals surface area (Å²) in [5.41, 5.74) is 5.42. The first-order valence-electron chi connectivity index (χ1n) is 15.6. The number of carbonyl (C=O) groups excluding carboxylic acids is 1. The summed E-state index contributed by atoms with van der Waals surface area (Å²) in [6.45, 7) is 11.5. The van der Waals surface area contributed by atoms with Crippen molar-refractivity contribution < 1.29 is 4.79 Å². The third-order valence-corrected chi connectivity index (χ3v) is 8.63. The molecule has 9 heteroatoms. The molecule has 1 aliphatic rings. The average Bonchev–Trinajstić information content (AvgIpc) is 3.45. The fourth-order valence-electron chi connectivity index (χ4n) is 6.27. The molecule has 5 aromatic rings. The molecular formula is C35H41N7O2. The molecule has 2 aromatic heterocycles. The topological polar surface area (TPSA) is 87.8 Å². The Labute approximate surface area is 258 Å². The molecule has 1 fully saturated rings. The highest BCUT2D eigenvalue weighted by molar-refractivity contribution is 5.80. The van der Waals surface area contributed by atoms with Gasteiger partial charge in [-0.25, -0.2) is 0 Å². The Hall–Kier alpha value is -4.50. The van der Waals surface area contributed by atoms with Gasteiger partial charge in [-0.05, 0) is 69.1 Å². The first-order valence-corrected chi connectivity index (χ1v) is 15.6. The standard InChI is InChI=1S/C35H41N7O2/c1-25-12-14-28(15-13-25)24-41-34(44)30-10-4-5-11-31(30)42-32(37-38-35(41)42)16-17-33(43)36-18-7-19-39-20-21-40(27(3)23-39)29-9-6-8-26(2)22-29/h4-6,8-15,22,27H,7,16-21,23-24H2,1-3H3,(H,36,43)/t27-/m1/s1. The van der Waals surface area contributed by atoms with E-state index in [2.05, 4.69) is 63.4 Å². The zero-order chi connectivity index (χ0) is 30.6. The van der Waals surface area contributed by atoms with Gasteiger partial charge < -0.3 is 10.2 Å². The summed E-state index contributed by atoms with van der Waals surface area (Å²) >= 11 is 0. The van der Waals surface area contributed by atoms with Crippen molar-refractivity contribution in [3.63, 3.8) is 0 Å². The van der Waals surface area contributed by atoms with Gasteiger partial charge in [0.2, 0.25) is 11.7 Å². The van der Waals surface area contributed by atoms with E-state index in [9.17, 15) is 9.59 Å². The van der Waals surface area contributed by atoms with Gasteiger partial charge in [0.05, 0.1) is 17.4 Å². The van der Waals surface area contributed by atoms with Crippen LogP contribution in [-0.4, -0.2) is 68.7 Å². The molecule has 6 rings (SSSR count). The van der Waals surface area contributed by atoms with E-state index in [1.54, 1.807) is 4.57 Å². The van der Waals surface area contributed by atoms with Crippen LogP contribution in [0.5, 0.6) is 0 Å². The Morgan fingerprint density at radius 1 is 0.955 bits per heavy atom. The van der Waals surface area contributed by atoms with E-state index in [0.717, 1.165) is 43.7 Å². The third-order valence-electron chi connectivity index (χ3n) is 8.63. The van der Waals surface area contributed by atoms with Crippen LogP contribution in [0.3, 0.4) is 0 Å². The molecule has 0 aliphatic carbocycles. The second-order valence-corrected chi connectivity index (χ2v) is 12.0. The van der Waals surface area contributed by atoms with Crippen molar-refractivity contribution in [2.45, 2.75) is 52.6 Å². The number of rotatable bonds is 10. The van der Waals surface area contributed by atoms with Gasteiger partial charge in [-0.1, -0.05) is 54.1 Å². The number of fused-ring (bicyclic) bond motifs is 3. The number of benzene rings is 3. The first kappa shape index (κ1) is 29.6. The first-order chi connectivity index (χ1) is 21.4. The monoisotopic (exact) mass is 591 g/mol. The highest BCUT2D eigenvalue weighted by atomic mass is 16.1. The van der Waals surface area contributed by atoms with Gasteiger partial charge in [0.25, 0.3) is 5.56 Å². The van der Waals surface area contributed by atoms with Crippen molar-refractivity contribution in [2.75, 3.05) is 37.6 Å². The van der Waals surface area contributed by atoms with E-state index in [4.69, 9.17) is 0 Å². The number of piperazine rings is 1. The van der Waals surface area contributed by atoms with Crippen molar-refractivity contribution in [1.29, 1.82) is 0 Å². The highest BCUT2D eigenvalue weighted by Crippen LogP contribution is 2.22. The molecule has 0 unspecified atom stereocenters. The SMILES string of the molecule is Cc1ccc(Cn2c(=O)c3ccccc3n3c(CCC(=O)NCCCN4CCN(c5cccc(C)c5)[C@H](C)C4)nnc23)cc1. The number of nitrogens with zero attached hydrogens (tertiary/aromatic N) is 6. The summed E-state index contributed by atoms with van der Waals surface area (Å²) in [6.07, 6.45) is 1.64. The molecule has 0 saturated carbocycles. The van der Waals surface area contributed by atoms with Gasteiger partial charge in [-0.15, -0.1) is 10.2 Å². The number of amides is 1. The Kier molecular flexibility index (Phi) is 8.74. The molecule has 9 nitrogen and oxygen atoms in total. The minimum absolute atomic E-state index is 0.00309. The van der Waals surface area contributed by atoms with Gasteiger partial charge in [-0.3, -0.25) is 23.5 Å². The van der Waals surface area contributed by atoms with Crippen molar-refractivity contribution in [3.05, 3.63) is 106 Å². The third kappa shape index (κ3) is 6.38. The van der Waals surface area contributed by atoms with Crippen molar-refractivity contribution >= 4 is 28.3 Å². The van der Waals surface area contributed by atoms with Crippen LogP contribution >= 0.6 is 0 Å². The molecule has 1 amide bonds. The Morgan fingerprint density at radius 3 is 2.57 bits per heavy atom. The lowest BCUT2D eigenvalue weighted by molar-refractivity contribution is -0.121. The summed E-state index contributed by atoms with van der Waals surface area (Å²) < 4.78 is 3.60. The lowest BCUT2D eigenvalue weighted by Gasteiger charge is -2.41. The summed E-state index contributed by atoms with van der Waals surface area (Å²) in [7, 11) is 0. The van der Waals surface area contributed by atoms with Crippen LogP contribution in [0, 0.1) is 13.8 Å². The van der Waals surface area contributed by atoms with Gasteiger partial charge in [0.1, 0.15) is 5.82 Å². The zero-order valence-corrected chi connectivity index (χ0v) is 25.9. The van der Waals surface area contributed by atoms with Crippen molar-refractivity contribution in [3.8, 4) is 0 Å². The van der Waals surface area contributed by atoms with Gasteiger partial charge in [0, 0.05) is 50.7 Å².